The van der Waals surface area contributed by atoms with Gasteiger partial charge in [0.05, 0.1) is 12.8 Å². The Morgan fingerprint density at radius 3 is 2.85 bits per heavy atom. The van der Waals surface area contributed by atoms with Crippen molar-refractivity contribution in [3.05, 3.63) is 65.0 Å². The number of benzene rings is 1. The van der Waals surface area contributed by atoms with Gasteiger partial charge >= 0.3 is 0 Å². The monoisotopic (exact) mass is 265 g/mol. The van der Waals surface area contributed by atoms with E-state index < -0.39 is 0 Å². The average molecular weight is 265 g/mol. The van der Waals surface area contributed by atoms with E-state index in [2.05, 4.69) is 4.98 Å². The van der Waals surface area contributed by atoms with E-state index in [0.717, 1.165) is 41.0 Å². The number of rotatable bonds is 2. The summed E-state index contributed by atoms with van der Waals surface area (Å²) in [6.45, 7) is 0. The maximum absolute atomic E-state index is 12.5. The van der Waals surface area contributed by atoms with Crippen LogP contribution in [0.25, 0.3) is 6.08 Å². The third-order valence-electron chi connectivity index (χ3n) is 3.53. The molecule has 0 atom stereocenters. The zero-order valence-electron chi connectivity index (χ0n) is 11.3. The number of ether oxygens (including phenoxy) is 1. The number of Topliss-reactive ketones (excluding diaryl/α,β-unsaturated/α-hetero) is 1. The number of ketones is 1. The largest absolute Gasteiger partial charge is 0.497 e. The van der Waals surface area contributed by atoms with Crippen molar-refractivity contribution in [2.75, 3.05) is 7.11 Å². The van der Waals surface area contributed by atoms with Gasteiger partial charge < -0.3 is 4.74 Å². The molecule has 1 aliphatic rings. The molecule has 0 radical (unpaired) electrons. The van der Waals surface area contributed by atoms with Gasteiger partial charge in [0.1, 0.15) is 5.75 Å². The quantitative estimate of drug-likeness (QED) is 0.782. The molecule has 0 spiro atoms. The number of hydrogen-bond acceptors (Lipinski definition) is 3. The van der Waals surface area contributed by atoms with Crippen LogP contribution in [0.15, 0.2) is 48.2 Å². The molecule has 1 aliphatic carbocycles. The minimum atomic E-state index is 0.0794. The maximum atomic E-state index is 12.5. The second-order valence-electron chi connectivity index (χ2n) is 4.78. The van der Waals surface area contributed by atoms with Crippen LogP contribution in [-0.2, 0) is 6.42 Å². The highest BCUT2D eigenvalue weighted by Crippen LogP contribution is 2.29. The van der Waals surface area contributed by atoms with Gasteiger partial charge in [-0.2, -0.15) is 0 Å². The summed E-state index contributed by atoms with van der Waals surface area (Å²) in [5.41, 5.74) is 3.47. The summed E-state index contributed by atoms with van der Waals surface area (Å²) in [6, 6.07) is 11.4. The highest BCUT2D eigenvalue weighted by molar-refractivity contribution is 6.13. The summed E-state index contributed by atoms with van der Waals surface area (Å²) in [7, 11) is 1.61. The Hall–Kier alpha value is -2.42. The second kappa shape index (κ2) is 5.29. The van der Waals surface area contributed by atoms with Gasteiger partial charge in [0.15, 0.2) is 5.78 Å². The van der Waals surface area contributed by atoms with Gasteiger partial charge in [-0.15, -0.1) is 0 Å². The van der Waals surface area contributed by atoms with Crippen LogP contribution >= 0.6 is 0 Å². The molecule has 0 bridgehead atoms. The van der Waals surface area contributed by atoms with E-state index in [0.29, 0.717) is 0 Å². The molecule has 0 saturated heterocycles. The highest BCUT2D eigenvalue weighted by Gasteiger charge is 2.22. The Bertz CT molecular complexity index is 675. The van der Waals surface area contributed by atoms with E-state index in [-0.39, 0.29) is 5.78 Å². The van der Waals surface area contributed by atoms with Crippen molar-refractivity contribution in [2.24, 2.45) is 0 Å². The molecule has 100 valence electrons. The van der Waals surface area contributed by atoms with Crippen LogP contribution in [-0.4, -0.2) is 17.9 Å². The lowest BCUT2D eigenvalue weighted by Gasteiger charge is -2.18. The lowest BCUT2D eigenvalue weighted by atomic mass is 9.86. The van der Waals surface area contributed by atoms with Crippen molar-refractivity contribution in [1.29, 1.82) is 0 Å². The molecule has 1 aromatic carbocycles. The molecular weight excluding hydrogens is 250 g/mol. The molecule has 0 saturated carbocycles. The van der Waals surface area contributed by atoms with Crippen LogP contribution in [0.5, 0.6) is 5.75 Å². The average Bonchev–Trinajstić information content (AvgIpc) is 2.51. The number of aromatic nitrogens is 1. The summed E-state index contributed by atoms with van der Waals surface area (Å²) < 4.78 is 5.20. The van der Waals surface area contributed by atoms with Crippen LogP contribution in [0.3, 0.4) is 0 Å². The van der Waals surface area contributed by atoms with Crippen molar-refractivity contribution >= 4 is 11.9 Å². The van der Waals surface area contributed by atoms with E-state index >= 15 is 0 Å². The maximum Gasteiger partial charge on any atom is 0.189 e. The molecule has 0 fully saturated rings. The number of aryl methyl sites for hydroxylation is 1. The van der Waals surface area contributed by atoms with Crippen LogP contribution in [0, 0.1) is 0 Å². The van der Waals surface area contributed by atoms with Gasteiger partial charge in [0, 0.05) is 17.3 Å². The van der Waals surface area contributed by atoms with Gasteiger partial charge in [-0.05, 0) is 48.7 Å². The molecule has 20 heavy (non-hydrogen) atoms. The third-order valence-corrected chi connectivity index (χ3v) is 3.53. The molecule has 1 aromatic heterocycles. The zero-order valence-corrected chi connectivity index (χ0v) is 11.3. The number of carbonyl (C=O) groups excluding carboxylic acids is 1. The van der Waals surface area contributed by atoms with E-state index in [9.17, 15) is 4.79 Å². The molecule has 2 aromatic rings. The third kappa shape index (κ3) is 2.35. The van der Waals surface area contributed by atoms with Gasteiger partial charge in [0.25, 0.3) is 0 Å². The second-order valence-corrected chi connectivity index (χ2v) is 4.78. The van der Waals surface area contributed by atoms with E-state index in [1.165, 1.54) is 0 Å². The fraction of sp³-hybridized carbons (Fsp3) is 0.176. The van der Waals surface area contributed by atoms with Gasteiger partial charge in [-0.1, -0.05) is 12.1 Å². The summed E-state index contributed by atoms with van der Waals surface area (Å²) in [5.74, 6) is 0.798. The standard InChI is InChI=1S/C17H15NO2/c1-20-15-8-7-12-5-6-13(17(19)16(12)11-15)10-14-4-2-3-9-18-14/h2-4,7-11H,5-6H2,1H3. The number of pyridine rings is 1. The number of fused-ring (bicyclic) bond motifs is 1. The fourth-order valence-electron chi connectivity index (χ4n) is 2.45. The molecule has 3 heteroatoms. The Morgan fingerprint density at radius 1 is 1.20 bits per heavy atom. The minimum absolute atomic E-state index is 0.0794. The highest BCUT2D eigenvalue weighted by atomic mass is 16.5. The minimum Gasteiger partial charge on any atom is -0.497 e. The molecule has 3 nitrogen and oxygen atoms in total. The fourth-order valence-corrected chi connectivity index (χ4v) is 2.45. The van der Waals surface area contributed by atoms with Crippen LogP contribution in [0.2, 0.25) is 0 Å². The number of nitrogens with zero attached hydrogens (tertiary/aromatic N) is 1. The topological polar surface area (TPSA) is 39.2 Å². The van der Waals surface area contributed by atoms with Crippen molar-refractivity contribution in [3.63, 3.8) is 0 Å². The smallest absolute Gasteiger partial charge is 0.189 e. The van der Waals surface area contributed by atoms with Crippen LogP contribution < -0.4 is 4.74 Å². The van der Waals surface area contributed by atoms with Crippen LogP contribution in [0.4, 0.5) is 0 Å². The predicted octanol–water partition coefficient (Wildman–Crippen LogP) is 3.30. The van der Waals surface area contributed by atoms with Gasteiger partial charge in [-0.25, -0.2) is 0 Å². The summed E-state index contributed by atoms with van der Waals surface area (Å²) in [4.78, 5) is 16.8. The number of allylic oxidation sites excluding steroid dienone is 1. The van der Waals surface area contributed by atoms with Gasteiger partial charge in [-0.3, -0.25) is 9.78 Å². The lowest BCUT2D eigenvalue weighted by molar-refractivity contribution is 0.102. The molecule has 1 heterocycles. The van der Waals surface area contributed by atoms with Crippen molar-refractivity contribution in [2.45, 2.75) is 12.8 Å². The normalized spacial score (nSPS) is 16.1. The zero-order chi connectivity index (χ0) is 13.9. The lowest BCUT2D eigenvalue weighted by Crippen LogP contribution is -2.14. The van der Waals surface area contributed by atoms with Gasteiger partial charge in [0.2, 0.25) is 0 Å². The first-order valence-electron chi connectivity index (χ1n) is 6.61. The molecule has 0 amide bonds. The summed E-state index contributed by atoms with van der Waals surface area (Å²) in [5, 5.41) is 0. The van der Waals surface area contributed by atoms with E-state index in [4.69, 9.17) is 4.74 Å². The first-order chi connectivity index (χ1) is 9.78. The number of carbonyl (C=O) groups is 1. The number of hydrogen-bond donors (Lipinski definition) is 0. The first kappa shape index (κ1) is 12.6. The predicted molar refractivity (Wildman–Crippen MR) is 77.9 cm³/mol. The Morgan fingerprint density at radius 2 is 2.10 bits per heavy atom. The Balaban J connectivity index is 1.98. The molecule has 0 unspecified atom stereocenters. The van der Waals surface area contributed by atoms with E-state index in [1.807, 2.05) is 42.5 Å². The summed E-state index contributed by atoms with van der Waals surface area (Å²) in [6.07, 6.45) is 5.25. The van der Waals surface area contributed by atoms with Crippen molar-refractivity contribution in [1.82, 2.24) is 4.98 Å². The van der Waals surface area contributed by atoms with E-state index in [1.54, 1.807) is 13.3 Å². The number of methoxy groups -OCH3 is 1. The SMILES string of the molecule is COc1ccc2c(c1)C(=O)C(=Cc1ccccn1)CC2. The van der Waals surface area contributed by atoms with Crippen LogP contribution in [0.1, 0.15) is 28.0 Å². The Labute approximate surface area is 117 Å². The molecule has 0 N–H and O–H groups in total. The Kier molecular flexibility index (Phi) is 3.33. The van der Waals surface area contributed by atoms with Crippen molar-refractivity contribution < 1.29 is 9.53 Å². The molecular formula is C17H15NO2. The van der Waals surface area contributed by atoms with Crippen molar-refractivity contribution in [3.8, 4) is 5.75 Å². The summed E-state index contributed by atoms with van der Waals surface area (Å²) >= 11 is 0. The first-order valence-corrected chi connectivity index (χ1v) is 6.61. The molecule has 3 rings (SSSR count). The molecule has 0 aliphatic heterocycles.